The minimum atomic E-state index is -0.159. The fourth-order valence-electron chi connectivity index (χ4n) is 3.96. The molecule has 1 saturated carbocycles. The van der Waals surface area contributed by atoms with E-state index in [1.807, 2.05) is 4.90 Å². The van der Waals surface area contributed by atoms with Crippen LogP contribution in [-0.4, -0.2) is 41.5 Å². The van der Waals surface area contributed by atoms with Crippen LogP contribution in [-0.2, 0) is 13.1 Å². The summed E-state index contributed by atoms with van der Waals surface area (Å²) in [5.74, 6) is 1.73. The van der Waals surface area contributed by atoms with Crippen molar-refractivity contribution in [3.63, 3.8) is 0 Å². The summed E-state index contributed by atoms with van der Waals surface area (Å²) in [5, 5.41) is 4.49. The molecular formula is C20H23N7O2. The van der Waals surface area contributed by atoms with E-state index in [0.29, 0.717) is 24.1 Å². The van der Waals surface area contributed by atoms with Gasteiger partial charge in [0, 0.05) is 43.9 Å². The smallest absolute Gasteiger partial charge is 0.293 e. The first-order chi connectivity index (χ1) is 14.2. The summed E-state index contributed by atoms with van der Waals surface area (Å²) in [4.78, 5) is 35.8. The van der Waals surface area contributed by atoms with Crippen molar-refractivity contribution in [3.8, 4) is 5.82 Å². The summed E-state index contributed by atoms with van der Waals surface area (Å²) in [7, 11) is 0. The predicted molar refractivity (Wildman–Crippen MR) is 107 cm³/mol. The van der Waals surface area contributed by atoms with Crippen molar-refractivity contribution >= 4 is 5.82 Å². The Morgan fingerprint density at radius 3 is 2.72 bits per heavy atom. The average Bonchev–Trinajstić information content (AvgIpc) is 3.18. The minimum Gasteiger partial charge on any atom is -0.347 e. The zero-order valence-corrected chi connectivity index (χ0v) is 16.1. The Balaban J connectivity index is 1.42. The third kappa shape index (κ3) is 3.59. The first kappa shape index (κ1) is 17.8. The molecule has 2 aliphatic rings. The molecule has 0 radical (unpaired) electrons. The van der Waals surface area contributed by atoms with Crippen molar-refractivity contribution in [1.29, 1.82) is 0 Å². The number of anilines is 1. The molecular weight excluding hydrogens is 370 g/mol. The fourth-order valence-corrected chi connectivity index (χ4v) is 3.96. The first-order valence-electron chi connectivity index (χ1n) is 10.1. The van der Waals surface area contributed by atoms with Gasteiger partial charge in [-0.15, -0.1) is 0 Å². The highest BCUT2D eigenvalue weighted by molar-refractivity contribution is 5.38. The van der Waals surface area contributed by atoms with E-state index in [1.54, 1.807) is 46.3 Å². The summed E-state index contributed by atoms with van der Waals surface area (Å²) in [6.07, 6.45) is 12.8. The standard InChI is InChI=1S/C20H23N7O2/c28-18-6-5-17(25-10-7-21-14-25)23-27(18)13-16-2-1-9-26(16)19-20(29)24(11-8-22-19)12-15-3-4-15/h5-8,10-11,14-16H,1-4,9,12-13H2. The van der Waals surface area contributed by atoms with Gasteiger partial charge in [-0.3, -0.25) is 14.2 Å². The van der Waals surface area contributed by atoms with Crippen LogP contribution < -0.4 is 16.0 Å². The van der Waals surface area contributed by atoms with Crippen molar-refractivity contribution in [3.05, 3.63) is 64.0 Å². The summed E-state index contributed by atoms with van der Waals surface area (Å²) in [6.45, 7) is 1.94. The molecule has 9 heteroatoms. The van der Waals surface area contributed by atoms with Gasteiger partial charge in [-0.1, -0.05) is 0 Å². The van der Waals surface area contributed by atoms with Gasteiger partial charge in [-0.25, -0.2) is 14.6 Å². The molecule has 1 saturated heterocycles. The van der Waals surface area contributed by atoms with E-state index < -0.39 is 0 Å². The Morgan fingerprint density at radius 2 is 1.93 bits per heavy atom. The molecule has 4 heterocycles. The number of imidazole rings is 1. The highest BCUT2D eigenvalue weighted by atomic mass is 16.1. The van der Waals surface area contributed by atoms with Gasteiger partial charge in [-0.05, 0) is 37.7 Å². The normalized spacial score (nSPS) is 19.0. The molecule has 9 nitrogen and oxygen atoms in total. The second-order valence-electron chi connectivity index (χ2n) is 7.82. The summed E-state index contributed by atoms with van der Waals surface area (Å²) < 4.78 is 5.01. The van der Waals surface area contributed by atoms with Gasteiger partial charge in [0.05, 0.1) is 12.6 Å². The van der Waals surface area contributed by atoms with Crippen LogP contribution in [0, 0.1) is 5.92 Å². The molecule has 1 aliphatic heterocycles. The number of hydrogen-bond donors (Lipinski definition) is 0. The van der Waals surface area contributed by atoms with Crippen LogP contribution in [0.1, 0.15) is 25.7 Å². The average molecular weight is 393 g/mol. The highest BCUT2D eigenvalue weighted by Gasteiger charge is 2.30. The Labute approximate surface area is 167 Å². The largest absolute Gasteiger partial charge is 0.347 e. The molecule has 0 spiro atoms. The maximum atomic E-state index is 13.0. The van der Waals surface area contributed by atoms with Gasteiger partial charge >= 0.3 is 0 Å². The Bertz CT molecular complexity index is 1110. The molecule has 1 aliphatic carbocycles. The molecule has 5 rings (SSSR count). The minimum absolute atomic E-state index is 0.00946. The number of hydrogen-bond acceptors (Lipinski definition) is 6. The maximum absolute atomic E-state index is 13.0. The second kappa shape index (κ2) is 7.31. The summed E-state index contributed by atoms with van der Waals surface area (Å²) in [6, 6.07) is 3.21. The first-order valence-corrected chi connectivity index (χ1v) is 10.1. The molecule has 0 aromatic carbocycles. The van der Waals surface area contributed by atoms with Gasteiger partial charge in [0.25, 0.3) is 11.1 Å². The molecule has 0 bridgehead atoms. The monoisotopic (exact) mass is 393 g/mol. The Kier molecular flexibility index (Phi) is 4.49. The predicted octanol–water partition coefficient (Wildman–Crippen LogP) is 1.06. The van der Waals surface area contributed by atoms with Crippen molar-refractivity contribution in [2.24, 2.45) is 5.92 Å². The van der Waals surface area contributed by atoms with E-state index in [0.717, 1.165) is 25.9 Å². The van der Waals surface area contributed by atoms with Crippen molar-refractivity contribution in [2.75, 3.05) is 11.4 Å². The van der Waals surface area contributed by atoms with Crippen LogP contribution in [0.5, 0.6) is 0 Å². The topological polar surface area (TPSA) is 90.8 Å². The summed E-state index contributed by atoms with van der Waals surface area (Å²) >= 11 is 0. The number of nitrogens with zero attached hydrogens (tertiary/aromatic N) is 7. The van der Waals surface area contributed by atoms with E-state index in [4.69, 9.17) is 0 Å². The van der Waals surface area contributed by atoms with E-state index in [2.05, 4.69) is 15.1 Å². The van der Waals surface area contributed by atoms with Crippen LogP contribution in [0.15, 0.2) is 52.8 Å². The third-order valence-corrected chi connectivity index (χ3v) is 5.70. The lowest BCUT2D eigenvalue weighted by Gasteiger charge is -2.25. The molecule has 3 aromatic rings. The van der Waals surface area contributed by atoms with E-state index in [1.165, 1.54) is 23.6 Å². The van der Waals surface area contributed by atoms with E-state index >= 15 is 0 Å². The molecule has 0 N–H and O–H groups in total. The maximum Gasteiger partial charge on any atom is 0.293 e. The molecule has 150 valence electrons. The quantitative estimate of drug-likeness (QED) is 0.622. The van der Waals surface area contributed by atoms with Gasteiger partial charge in [0.15, 0.2) is 11.6 Å². The molecule has 3 aromatic heterocycles. The van der Waals surface area contributed by atoms with E-state index in [9.17, 15) is 9.59 Å². The van der Waals surface area contributed by atoms with Crippen molar-refractivity contribution in [2.45, 2.75) is 44.8 Å². The van der Waals surface area contributed by atoms with Crippen LogP contribution in [0.4, 0.5) is 5.82 Å². The molecule has 1 unspecified atom stereocenters. The fraction of sp³-hybridized carbons (Fsp3) is 0.450. The third-order valence-electron chi connectivity index (χ3n) is 5.70. The number of aromatic nitrogens is 6. The van der Waals surface area contributed by atoms with Gasteiger partial charge < -0.3 is 9.47 Å². The molecule has 0 amide bonds. The lowest BCUT2D eigenvalue weighted by atomic mass is 10.2. The van der Waals surface area contributed by atoms with Crippen LogP contribution >= 0.6 is 0 Å². The molecule has 2 fully saturated rings. The molecule has 29 heavy (non-hydrogen) atoms. The highest BCUT2D eigenvalue weighted by Crippen LogP contribution is 2.30. The SMILES string of the molecule is O=c1c(N2CCCC2Cn2nc(-n3ccnc3)ccc2=O)nccn1CC1CC1. The zero-order valence-electron chi connectivity index (χ0n) is 16.1. The van der Waals surface area contributed by atoms with Gasteiger partial charge in [0.1, 0.15) is 6.33 Å². The molecule has 1 atom stereocenters. The lowest BCUT2D eigenvalue weighted by molar-refractivity contribution is 0.482. The van der Waals surface area contributed by atoms with Crippen LogP contribution in [0.25, 0.3) is 5.82 Å². The Hall–Kier alpha value is -3.23. The van der Waals surface area contributed by atoms with Gasteiger partial charge in [0.2, 0.25) is 0 Å². The lowest BCUT2D eigenvalue weighted by Crippen LogP contribution is -2.41. The number of rotatable bonds is 6. The Morgan fingerprint density at radius 1 is 1.03 bits per heavy atom. The van der Waals surface area contributed by atoms with Crippen molar-refractivity contribution < 1.29 is 0 Å². The zero-order chi connectivity index (χ0) is 19.8. The van der Waals surface area contributed by atoms with Gasteiger partial charge in [-0.2, -0.15) is 5.10 Å². The van der Waals surface area contributed by atoms with E-state index in [-0.39, 0.29) is 17.2 Å². The summed E-state index contributed by atoms with van der Waals surface area (Å²) in [5.41, 5.74) is -0.202. The van der Waals surface area contributed by atoms with Crippen molar-refractivity contribution in [1.82, 2.24) is 28.9 Å². The van der Waals surface area contributed by atoms with Crippen LogP contribution in [0.3, 0.4) is 0 Å². The van der Waals surface area contributed by atoms with Crippen LogP contribution in [0.2, 0.25) is 0 Å². The second-order valence-corrected chi connectivity index (χ2v) is 7.82.